The fourth-order valence-corrected chi connectivity index (χ4v) is 2.92. The van der Waals surface area contributed by atoms with Gasteiger partial charge in [-0.25, -0.2) is 0 Å². The quantitative estimate of drug-likeness (QED) is 0.686. The zero-order valence-electron chi connectivity index (χ0n) is 12.4. The lowest BCUT2D eigenvalue weighted by atomic mass is 9.98. The number of rotatable bonds is 8. The zero-order chi connectivity index (χ0) is 13.5. The van der Waals surface area contributed by atoms with Crippen molar-refractivity contribution in [2.75, 3.05) is 18.4 Å². The first-order chi connectivity index (χ1) is 9.31. The van der Waals surface area contributed by atoms with Crippen LogP contribution in [-0.4, -0.2) is 19.1 Å². The summed E-state index contributed by atoms with van der Waals surface area (Å²) in [5, 5.41) is 7.17. The molecule has 2 rings (SSSR count). The summed E-state index contributed by atoms with van der Waals surface area (Å²) in [6.45, 7) is 6.82. The van der Waals surface area contributed by atoms with Gasteiger partial charge < -0.3 is 10.6 Å². The Hall–Kier alpha value is -1.02. The highest BCUT2D eigenvalue weighted by molar-refractivity contribution is 5.57. The second-order valence-corrected chi connectivity index (χ2v) is 5.80. The predicted octanol–water partition coefficient (Wildman–Crippen LogP) is 4.14. The molecule has 0 spiro atoms. The molecule has 106 valence electrons. The van der Waals surface area contributed by atoms with Crippen molar-refractivity contribution in [2.45, 2.75) is 57.9 Å². The Morgan fingerprint density at radius 2 is 2.16 bits per heavy atom. The SMILES string of the molecule is CCCCCC(C)NCCC1CNc2ccccc21. The van der Waals surface area contributed by atoms with Crippen LogP contribution in [-0.2, 0) is 0 Å². The van der Waals surface area contributed by atoms with Crippen molar-refractivity contribution in [3.8, 4) is 0 Å². The summed E-state index contributed by atoms with van der Waals surface area (Å²) in [5.74, 6) is 0.687. The fraction of sp³-hybridized carbons (Fsp3) is 0.647. The van der Waals surface area contributed by atoms with E-state index in [2.05, 4.69) is 48.7 Å². The van der Waals surface area contributed by atoms with Gasteiger partial charge in [-0.05, 0) is 37.9 Å². The number of benzene rings is 1. The highest BCUT2D eigenvalue weighted by Crippen LogP contribution is 2.32. The van der Waals surface area contributed by atoms with Crippen LogP contribution in [0.15, 0.2) is 24.3 Å². The molecule has 2 atom stereocenters. The second-order valence-electron chi connectivity index (χ2n) is 5.80. The predicted molar refractivity (Wildman–Crippen MR) is 83.9 cm³/mol. The van der Waals surface area contributed by atoms with Crippen LogP contribution in [0.3, 0.4) is 0 Å². The Labute approximate surface area is 118 Å². The molecule has 1 aromatic carbocycles. The van der Waals surface area contributed by atoms with Crippen LogP contribution in [0.2, 0.25) is 0 Å². The molecule has 2 unspecified atom stereocenters. The van der Waals surface area contributed by atoms with E-state index in [0.717, 1.165) is 13.1 Å². The first kappa shape index (κ1) is 14.4. The molecule has 0 radical (unpaired) electrons. The van der Waals surface area contributed by atoms with Gasteiger partial charge in [0, 0.05) is 24.2 Å². The highest BCUT2D eigenvalue weighted by Gasteiger charge is 2.20. The molecule has 0 amide bonds. The Morgan fingerprint density at radius 3 is 3.00 bits per heavy atom. The van der Waals surface area contributed by atoms with E-state index in [9.17, 15) is 0 Å². The lowest BCUT2D eigenvalue weighted by Gasteiger charge is -2.16. The van der Waals surface area contributed by atoms with Crippen molar-refractivity contribution in [3.05, 3.63) is 29.8 Å². The lowest BCUT2D eigenvalue weighted by molar-refractivity contribution is 0.471. The average Bonchev–Trinajstić information content (AvgIpc) is 2.83. The summed E-state index contributed by atoms with van der Waals surface area (Å²) >= 11 is 0. The number of para-hydroxylation sites is 1. The van der Waals surface area contributed by atoms with Crippen LogP contribution in [0.1, 0.15) is 57.4 Å². The number of anilines is 1. The van der Waals surface area contributed by atoms with Crippen molar-refractivity contribution in [1.82, 2.24) is 5.32 Å². The van der Waals surface area contributed by atoms with Gasteiger partial charge in [-0.1, -0.05) is 44.4 Å². The van der Waals surface area contributed by atoms with Gasteiger partial charge in [0.15, 0.2) is 0 Å². The number of unbranched alkanes of at least 4 members (excludes halogenated alkanes) is 2. The van der Waals surface area contributed by atoms with Gasteiger partial charge in [0.25, 0.3) is 0 Å². The van der Waals surface area contributed by atoms with Crippen LogP contribution in [0.25, 0.3) is 0 Å². The first-order valence-electron chi connectivity index (χ1n) is 7.87. The van der Waals surface area contributed by atoms with E-state index in [1.807, 2.05) is 0 Å². The average molecular weight is 260 g/mol. The molecule has 1 aliphatic heterocycles. The van der Waals surface area contributed by atoms with Gasteiger partial charge in [0.1, 0.15) is 0 Å². The molecule has 2 heteroatoms. The van der Waals surface area contributed by atoms with Crippen LogP contribution in [0.4, 0.5) is 5.69 Å². The van der Waals surface area contributed by atoms with E-state index in [-0.39, 0.29) is 0 Å². The third-order valence-electron chi connectivity index (χ3n) is 4.17. The van der Waals surface area contributed by atoms with Gasteiger partial charge in [-0.2, -0.15) is 0 Å². The molecule has 2 nitrogen and oxygen atoms in total. The normalized spacial score (nSPS) is 18.9. The minimum absolute atomic E-state index is 0.663. The second kappa shape index (κ2) is 7.54. The molecule has 0 saturated heterocycles. The standard InChI is InChI=1S/C17H28N2/c1-3-4-5-8-14(2)18-12-11-15-13-19-17-10-7-6-9-16(15)17/h6-7,9-10,14-15,18-19H,3-5,8,11-13H2,1-2H3. The van der Waals surface area contributed by atoms with Gasteiger partial charge in [0.05, 0.1) is 0 Å². The van der Waals surface area contributed by atoms with Crippen LogP contribution < -0.4 is 10.6 Å². The van der Waals surface area contributed by atoms with Crippen LogP contribution in [0.5, 0.6) is 0 Å². The number of nitrogens with one attached hydrogen (secondary N) is 2. The largest absolute Gasteiger partial charge is 0.384 e. The summed E-state index contributed by atoms with van der Waals surface area (Å²) in [7, 11) is 0. The van der Waals surface area contributed by atoms with Crippen molar-refractivity contribution in [1.29, 1.82) is 0 Å². The third-order valence-corrected chi connectivity index (χ3v) is 4.17. The molecule has 1 heterocycles. The van der Waals surface area contributed by atoms with E-state index in [0.29, 0.717) is 12.0 Å². The summed E-state index contributed by atoms with van der Waals surface area (Å²) < 4.78 is 0. The highest BCUT2D eigenvalue weighted by atomic mass is 14.9. The van der Waals surface area contributed by atoms with Gasteiger partial charge in [-0.3, -0.25) is 0 Å². The van der Waals surface area contributed by atoms with Crippen LogP contribution >= 0.6 is 0 Å². The number of hydrogen-bond donors (Lipinski definition) is 2. The molecule has 0 saturated carbocycles. The Bertz CT molecular complexity index is 375. The molecule has 1 aromatic rings. The van der Waals surface area contributed by atoms with E-state index in [4.69, 9.17) is 0 Å². The van der Waals surface area contributed by atoms with Gasteiger partial charge in [0.2, 0.25) is 0 Å². The van der Waals surface area contributed by atoms with Crippen molar-refractivity contribution in [3.63, 3.8) is 0 Å². The monoisotopic (exact) mass is 260 g/mol. The van der Waals surface area contributed by atoms with Gasteiger partial charge >= 0.3 is 0 Å². The third kappa shape index (κ3) is 4.24. The Kier molecular flexibility index (Phi) is 5.71. The smallest absolute Gasteiger partial charge is 0.0376 e. The molecule has 0 aromatic heterocycles. The molecule has 19 heavy (non-hydrogen) atoms. The summed E-state index contributed by atoms with van der Waals surface area (Å²) in [6, 6.07) is 9.39. The number of fused-ring (bicyclic) bond motifs is 1. The maximum atomic E-state index is 3.67. The molecule has 0 bridgehead atoms. The molecular formula is C17H28N2. The molecule has 1 aliphatic rings. The maximum absolute atomic E-state index is 3.67. The summed E-state index contributed by atoms with van der Waals surface area (Å²) in [5.41, 5.74) is 2.84. The van der Waals surface area contributed by atoms with E-state index < -0.39 is 0 Å². The molecule has 0 aliphatic carbocycles. The summed E-state index contributed by atoms with van der Waals surface area (Å²) in [4.78, 5) is 0. The number of hydrogen-bond acceptors (Lipinski definition) is 2. The van der Waals surface area contributed by atoms with Crippen molar-refractivity contribution < 1.29 is 0 Å². The molecular weight excluding hydrogens is 232 g/mol. The first-order valence-corrected chi connectivity index (χ1v) is 7.87. The Balaban J connectivity index is 1.67. The van der Waals surface area contributed by atoms with Crippen molar-refractivity contribution >= 4 is 5.69 Å². The fourth-order valence-electron chi connectivity index (χ4n) is 2.92. The topological polar surface area (TPSA) is 24.1 Å². The minimum Gasteiger partial charge on any atom is -0.384 e. The molecule has 2 N–H and O–H groups in total. The minimum atomic E-state index is 0.663. The maximum Gasteiger partial charge on any atom is 0.0376 e. The summed E-state index contributed by atoms with van der Waals surface area (Å²) in [6.07, 6.45) is 6.59. The van der Waals surface area contributed by atoms with Crippen LogP contribution in [0, 0.1) is 0 Å². The van der Waals surface area contributed by atoms with E-state index in [1.54, 1.807) is 0 Å². The van der Waals surface area contributed by atoms with Crippen molar-refractivity contribution in [2.24, 2.45) is 0 Å². The van der Waals surface area contributed by atoms with E-state index in [1.165, 1.54) is 43.4 Å². The molecule has 0 fully saturated rings. The van der Waals surface area contributed by atoms with Gasteiger partial charge in [-0.15, -0.1) is 0 Å². The lowest BCUT2D eigenvalue weighted by Crippen LogP contribution is -2.28. The Morgan fingerprint density at radius 1 is 1.32 bits per heavy atom. The van der Waals surface area contributed by atoms with E-state index >= 15 is 0 Å². The zero-order valence-corrected chi connectivity index (χ0v) is 12.4.